The highest BCUT2D eigenvalue weighted by Gasteiger charge is 2.35. The van der Waals surface area contributed by atoms with Crippen LogP contribution >= 0.6 is 0 Å². The van der Waals surface area contributed by atoms with E-state index in [9.17, 15) is 19.2 Å². The first-order valence-electron chi connectivity index (χ1n) is 7.74. The predicted molar refractivity (Wildman–Crippen MR) is 87.1 cm³/mol. The summed E-state index contributed by atoms with van der Waals surface area (Å²) in [6.45, 7) is 1.51. The van der Waals surface area contributed by atoms with E-state index in [-0.39, 0.29) is 26.0 Å². The van der Waals surface area contributed by atoms with Gasteiger partial charge in [0.15, 0.2) is 0 Å². The second-order valence-electron chi connectivity index (χ2n) is 6.17. The third-order valence-electron chi connectivity index (χ3n) is 3.89. The first-order chi connectivity index (χ1) is 11.8. The van der Waals surface area contributed by atoms with Gasteiger partial charge in [0, 0.05) is 20.1 Å². The van der Waals surface area contributed by atoms with Gasteiger partial charge in [-0.25, -0.2) is 0 Å². The molecule has 0 saturated carbocycles. The minimum Gasteiger partial charge on any atom is -0.481 e. The van der Waals surface area contributed by atoms with Gasteiger partial charge in [-0.2, -0.15) is 0 Å². The van der Waals surface area contributed by atoms with Crippen LogP contribution in [0.5, 0.6) is 0 Å². The molecule has 0 fully saturated rings. The van der Waals surface area contributed by atoms with Crippen LogP contribution in [0.15, 0.2) is 24.3 Å². The van der Waals surface area contributed by atoms with Crippen molar-refractivity contribution in [1.82, 2.24) is 10.2 Å². The van der Waals surface area contributed by atoms with Crippen LogP contribution in [-0.4, -0.2) is 59.5 Å². The summed E-state index contributed by atoms with van der Waals surface area (Å²) in [5.41, 5.74) is -0.425. The SMILES string of the molecule is COCC(C)(CC(=O)O)NC(=O)CCN1C(=O)c2ccccc2C1=O. The zero-order valence-corrected chi connectivity index (χ0v) is 14.1. The number of aliphatic carboxylic acids is 1. The van der Waals surface area contributed by atoms with Crippen molar-refractivity contribution in [2.24, 2.45) is 0 Å². The van der Waals surface area contributed by atoms with Gasteiger partial charge >= 0.3 is 5.97 Å². The van der Waals surface area contributed by atoms with E-state index in [1.54, 1.807) is 31.2 Å². The minimum absolute atomic E-state index is 0.0258. The Hall–Kier alpha value is -2.74. The molecule has 0 bridgehead atoms. The molecule has 2 N–H and O–H groups in total. The number of carboxylic acids is 1. The Morgan fingerprint density at radius 2 is 1.76 bits per heavy atom. The molecule has 3 amide bonds. The zero-order chi connectivity index (χ0) is 18.6. The molecule has 0 saturated heterocycles. The van der Waals surface area contributed by atoms with Gasteiger partial charge in [0.2, 0.25) is 5.91 Å². The maximum Gasteiger partial charge on any atom is 0.305 e. The maximum atomic E-state index is 12.2. The molecule has 0 aromatic heterocycles. The van der Waals surface area contributed by atoms with Crippen LogP contribution in [0.2, 0.25) is 0 Å². The Labute approximate surface area is 144 Å². The van der Waals surface area contributed by atoms with E-state index >= 15 is 0 Å². The van der Waals surface area contributed by atoms with E-state index in [1.165, 1.54) is 7.11 Å². The molecule has 2 rings (SSSR count). The molecule has 8 heteroatoms. The van der Waals surface area contributed by atoms with Gasteiger partial charge < -0.3 is 15.2 Å². The number of imide groups is 1. The highest BCUT2D eigenvalue weighted by Crippen LogP contribution is 2.22. The average Bonchev–Trinajstić information content (AvgIpc) is 2.76. The number of hydrogen-bond acceptors (Lipinski definition) is 5. The summed E-state index contributed by atoms with van der Waals surface area (Å²) in [4.78, 5) is 48.6. The Kier molecular flexibility index (Phi) is 5.53. The van der Waals surface area contributed by atoms with Crippen molar-refractivity contribution in [2.75, 3.05) is 20.3 Å². The van der Waals surface area contributed by atoms with Gasteiger partial charge in [-0.15, -0.1) is 0 Å². The molecule has 1 atom stereocenters. The molecule has 1 aliphatic rings. The average molecular weight is 348 g/mol. The molecule has 1 heterocycles. The molecule has 134 valence electrons. The number of amides is 3. The fourth-order valence-corrected chi connectivity index (χ4v) is 2.84. The number of benzene rings is 1. The van der Waals surface area contributed by atoms with Crippen molar-refractivity contribution in [3.05, 3.63) is 35.4 Å². The summed E-state index contributed by atoms with van der Waals surface area (Å²) in [5, 5.41) is 11.6. The van der Waals surface area contributed by atoms with E-state index in [0.717, 1.165) is 4.90 Å². The number of methoxy groups -OCH3 is 1. The summed E-state index contributed by atoms with van der Waals surface area (Å²) in [5.74, 6) is -2.39. The fraction of sp³-hybridized carbons (Fsp3) is 0.412. The predicted octanol–water partition coefficient (Wildman–Crippen LogP) is 0.669. The lowest BCUT2D eigenvalue weighted by atomic mass is 9.98. The highest BCUT2D eigenvalue weighted by atomic mass is 16.5. The van der Waals surface area contributed by atoms with E-state index in [2.05, 4.69) is 5.32 Å². The molecule has 8 nitrogen and oxygen atoms in total. The molecule has 0 radical (unpaired) electrons. The Morgan fingerprint density at radius 3 is 2.24 bits per heavy atom. The zero-order valence-electron chi connectivity index (χ0n) is 14.1. The van der Waals surface area contributed by atoms with Gasteiger partial charge in [-0.3, -0.25) is 24.1 Å². The third kappa shape index (κ3) is 4.21. The van der Waals surface area contributed by atoms with Crippen molar-refractivity contribution in [2.45, 2.75) is 25.3 Å². The number of carbonyl (C=O) groups is 4. The normalized spacial score (nSPS) is 15.7. The Morgan fingerprint density at radius 1 is 1.20 bits per heavy atom. The molecule has 1 aromatic rings. The summed E-state index contributed by atoms with van der Waals surface area (Å²) in [6, 6.07) is 6.47. The summed E-state index contributed by atoms with van der Waals surface area (Å²) < 4.78 is 4.97. The van der Waals surface area contributed by atoms with E-state index in [4.69, 9.17) is 9.84 Å². The number of nitrogens with zero attached hydrogens (tertiary/aromatic N) is 1. The number of nitrogens with one attached hydrogen (secondary N) is 1. The number of carboxylic acid groups (broad SMARTS) is 1. The quantitative estimate of drug-likeness (QED) is 0.668. The maximum absolute atomic E-state index is 12.2. The molecule has 1 aromatic carbocycles. The molecular weight excluding hydrogens is 328 g/mol. The monoisotopic (exact) mass is 348 g/mol. The summed E-state index contributed by atoms with van der Waals surface area (Å²) in [7, 11) is 1.41. The molecular formula is C17H20N2O6. The van der Waals surface area contributed by atoms with Gasteiger partial charge in [0.05, 0.1) is 29.7 Å². The topological polar surface area (TPSA) is 113 Å². The molecule has 0 spiro atoms. The molecule has 0 aliphatic carbocycles. The Balaban J connectivity index is 1.97. The number of rotatable bonds is 8. The minimum atomic E-state index is -1.07. The first-order valence-corrected chi connectivity index (χ1v) is 7.74. The molecule has 1 aliphatic heterocycles. The van der Waals surface area contributed by atoms with Crippen molar-refractivity contribution in [3.8, 4) is 0 Å². The smallest absolute Gasteiger partial charge is 0.305 e. The highest BCUT2D eigenvalue weighted by molar-refractivity contribution is 6.21. The molecule has 25 heavy (non-hydrogen) atoms. The van der Waals surface area contributed by atoms with Crippen molar-refractivity contribution >= 4 is 23.7 Å². The largest absolute Gasteiger partial charge is 0.481 e. The first kappa shape index (κ1) is 18.6. The Bertz CT molecular complexity index is 682. The van der Waals surface area contributed by atoms with Crippen molar-refractivity contribution in [1.29, 1.82) is 0 Å². The standard InChI is InChI=1S/C17H20N2O6/c1-17(10-25-2,9-14(21)22)18-13(20)7-8-19-15(23)11-5-3-4-6-12(11)16(19)24/h3-6H,7-10H2,1-2H3,(H,18,20)(H,21,22). The van der Waals surface area contributed by atoms with Crippen molar-refractivity contribution in [3.63, 3.8) is 0 Å². The van der Waals surface area contributed by atoms with Gasteiger partial charge in [-0.05, 0) is 19.1 Å². The van der Waals surface area contributed by atoms with Crippen LogP contribution < -0.4 is 5.32 Å². The van der Waals surface area contributed by atoms with Crippen LogP contribution in [0, 0.1) is 0 Å². The summed E-state index contributed by atoms with van der Waals surface area (Å²) >= 11 is 0. The van der Waals surface area contributed by atoms with Crippen LogP contribution in [0.1, 0.15) is 40.5 Å². The second-order valence-corrected chi connectivity index (χ2v) is 6.17. The van der Waals surface area contributed by atoms with E-state index in [1.807, 2.05) is 0 Å². The third-order valence-corrected chi connectivity index (χ3v) is 3.89. The van der Waals surface area contributed by atoms with E-state index < -0.39 is 29.2 Å². The van der Waals surface area contributed by atoms with Crippen LogP contribution in [0.3, 0.4) is 0 Å². The number of ether oxygens (including phenoxy) is 1. The van der Waals surface area contributed by atoms with Crippen LogP contribution in [0.4, 0.5) is 0 Å². The second kappa shape index (κ2) is 7.43. The summed E-state index contributed by atoms with van der Waals surface area (Å²) in [6.07, 6.45) is -0.427. The van der Waals surface area contributed by atoms with Crippen LogP contribution in [0.25, 0.3) is 0 Å². The van der Waals surface area contributed by atoms with Crippen molar-refractivity contribution < 1.29 is 29.0 Å². The van der Waals surface area contributed by atoms with Gasteiger partial charge in [0.25, 0.3) is 11.8 Å². The number of fused-ring (bicyclic) bond motifs is 1. The van der Waals surface area contributed by atoms with Gasteiger partial charge in [0.1, 0.15) is 0 Å². The van der Waals surface area contributed by atoms with E-state index in [0.29, 0.717) is 11.1 Å². The molecule has 1 unspecified atom stereocenters. The lowest BCUT2D eigenvalue weighted by molar-refractivity contribution is -0.139. The number of hydrogen-bond donors (Lipinski definition) is 2. The van der Waals surface area contributed by atoms with Gasteiger partial charge in [-0.1, -0.05) is 12.1 Å². The number of carbonyl (C=O) groups excluding carboxylic acids is 3. The lowest BCUT2D eigenvalue weighted by Crippen LogP contribution is -2.51. The lowest BCUT2D eigenvalue weighted by Gasteiger charge is -2.28. The van der Waals surface area contributed by atoms with Crippen LogP contribution in [-0.2, 0) is 14.3 Å². The fourth-order valence-electron chi connectivity index (χ4n) is 2.84.